The largest absolute Gasteiger partial charge is 0.456 e. The van der Waals surface area contributed by atoms with Crippen LogP contribution in [0.2, 0.25) is 0 Å². The molecule has 0 N–H and O–H groups in total. The molecule has 0 amide bonds. The lowest BCUT2D eigenvalue weighted by Crippen LogP contribution is -2.11. The van der Waals surface area contributed by atoms with E-state index in [1.165, 1.54) is 21.9 Å². The minimum absolute atomic E-state index is 0.564. The second-order valence-electron chi connectivity index (χ2n) is 12.8. The predicted octanol–water partition coefficient (Wildman–Crippen LogP) is 13.4. The van der Waals surface area contributed by atoms with Crippen molar-refractivity contribution in [3.05, 3.63) is 182 Å². The molecule has 0 bridgehead atoms. The van der Waals surface area contributed by atoms with Crippen LogP contribution in [0.5, 0.6) is 0 Å². The van der Waals surface area contributed by atoms with Crippen LogP contribution in [-0.4, -0.2) is 4.98 Å². The van der Waals surface area contributed by atoms with Crippen molar-refractivity contribution in [2.45, 2.75) is 0 Å². The Morgan fingerprint density at radius 2 is 1.00 bits per heavy atom. The molecule has 0 aliphatic carbocycles. The number of fused-ring (bicyclic) bond motifs is 5. The summed E-state index contributed by atoms with van der Waals surface area (Å²) >= 11 is 0. The van der Waals surface area contributed by atoms with Crippen LogP contribution in [0.1, 0.15) is 0 Å². The van der Waals surface area contributed by atoms with Gasteiger partial charge in [0.25, 0.3) is 0 Å². The van der Waals surface area contributed by atoms with Gasteiger partial charge in [0.1, 0.15) is 16.7 Å². The van der Waals surface area contributed by atoms with Crippen molar-refractivity contribution in [2.24, 2.45) is 0 Å². The Hall–Kier alpha value is -6.91. The maximum absolute atomic E-state index is 6.52. The van der Waals surface area contributed by atoms with Gasteiger partial charge in [-0.25, -0.2) is 4.98 Å². The standard InChI is InChI=1S/C47H30N2O2/c1-3-12-31(13-4-1)32-22-26-36(27-23-32)49(37-28-24-34(25-29-37)39-20-11-17-33-14-7-8-18-38(33)39)46-44-40-19-9-10-21-41(40)50-42(44)30-43-45(46)48-47(51-43)35-15-5-2-6-16-35/h1-30H. The van der Waals surface area contributed by atoms with Crippen LogP contribution in [0.3, 0.4) is 0 Å². The molecule has 10 rings (SSSR count). The number of furan rings is 1. The third-order valence-corrected chi connectivity index (χ3v) is 9.70. The van der Waals surface area contributed by atoms with E-state index in [9.17, 15) is 0 Å². The van der Waals surface area contributed by atoms with Crippen molar-refractivity contribution in [2.75, 3.05) is 4.90 Å². The van der Waals surface area contributed by atoms with E-state index < -0.39 is 0 Å². The summed E-state index contributed by atoms with van der Waals surface area (Å²) in [5, 5.41) is 4.46. The van der Waals surface area contributed by atoms with E-state index in [0.29, 0.717) is 11.5 Å². The summed E-state index contributed by atoms with van der Waals surface area (Å²) in [5.74, 6) is 0.564. The fourth-order valence-electron chi connectivity index (χ4n) is 7.28. The quantitative estimate of drug-likeness (QED) is 0.179. The molecule has 240 valence electrons. The molecule has 0 atom stereocenters. The fourth-order valence-corrected chi connectivity index (χ4v) is 7.28. The third-order valence-electron chi connectivity index (χ3n) is 9.70. The minimum atomic E-state index is 0.564. The summed E-state index contributed by atoms with van der Waals surface area (Å²) in [4.78, 5) is 7.50. The highest BCUT2D eigenvalue weighted by atomic mass is 16.4. The molecule has 0 radical (unpaired) electrons. The lowest BCUT2D eigenvalue weighted by atomic mass is 9.98. The molecule has 0 aliphatic rings. The van der Waals surface area contributed by atoms with E-state index in [0.717, 1.165) is 61.2 Å². The van der Waals surface area contributed by atoms with Crippen LogP contribution in [0.25, 0.3) is 77.5 Å². The van der Waals surface area contributed by atoms with Gasteiger partial charge >= 0.3 is 0 Å². The van der Waals surface area contributed by atoms with E-state index in [4.69, 9.17) is 13.8 Å². The zero-order chi connectivity index (χ0) is 33.7. The first kappa shape index (κ1) is 29.0. The van der Waals surface area contributed by atoms with Gasteiger partial charge < -0.3 is 13.7 Å². The lowest BCUT2D eigenvalue weighted by molar-refractivity contribution is 0.617. The molecule has 0 spiro atoms. The second-order valence-corrected chi connectivity index (χ2v) is 12.8. The Morgan fingerprint density at radius 1 is 0.412 bits per heavy atom. The van der Waals surface area contributed by atoms with Gasteiger partial charge in [-0.1, -0.05) is 133 Å². The van der Waals surface area contributed by atoms with Gasteiger partial charge in [-0.15, -0.1) is 0 Å². The lowest BCUT2D eigenvalue weighted by Gasteiger charge is -2.27. The molecule has 4 nitrogen and oxygen atoms in total. The van der Waals surface area contributed by atoms with Crippen LogP contribution in [0.15, 0.2) is 191 Å². The Morgan fingerprint density at radius 3 is 1.75 bits per heavy atom. The number of nitrogens with zero attached hydrogens (tertiary/aromatic N) is 2. The highest BCUT2D eigenvalue weighted by Gasteiger charge is 2.26. The van der Waals surface area contributed by atoms with E-state index in [1.807, 2.05) is 54.6 Å². The van der Waals surface area contributed by atoms with Crippen LogP contribution in [-0.2, 0) is 0 Å². The first-order chi connectivity index (χ1) is 25.3. The summed E-state index contributed by atoms with van der Waals surface area (Å²) in [6.07, 6.45) is 0. The number of hydrogen-bond acceptors (Lipinski definition) is 4. The van der Waals surface area contributed by atoms with Crippen molar-refractivity contribution >= 4 is 60.9 Å². The average Bonchev–Trinajstić information content (AvgIpc) is 3.80. The van der Waals surface area contributed by atoms with Gasteiger partial charge in [0.2, 0.25) is 5.89 Å². The predicted molar refractivity (Wildman–Crippen MR) is 210 cm³/mol. The fraction of sp³-hybridized carbons (Fsp3) is 0. The zero-order valence-corrected chi connectivity index (χ0v) is 27.5. The Balaban J connectivity index is 1.23. The van der Waals surface area contributed by atoms with Gasteiger partial charge in [-0.2, -0.15) is 0 Å². The molecule has 0 unspecified atom stereocenters. The van der Waals surface area contributed by atoms with Crippen LogP contribution in [0.4, 0.5) is 17.1 Å². The Labute approximate surface area is 294 Å². The number of benzene rings is 8. The molecular weight excluding hydrogens is 625 g/mol. The first-order valence-corrected chi connectivity index (χ1v) is 17.1. The Bertz CT molecular complexity index is 2830. The van der Waals surface area contributed by atoms with Crippen molar-refractivity contribution in [3.63, 3.8) is 0 Å². The van der Waals surface area contributed by atoms with Gasteiger partial charge in [-0.05, 0) is 75.5 Å². The molecule has 0 saturated heterocycles. The molecule has 0 fully saturated rings. The topological polar surface area (TPSA) is 42.4 Å². The highest BCUT2D eigenvalue weighted by Crippen LogP contribution is 2.48. The van der Waals surface area contributed by atoms with E-state index in [1.54, 1.807) is 0 Å². The molecule has 2 heterocycles. The van der Waals surface area contributed by atoms with Crippen LogP contribution in [0, 0.1) is 0 Å². The summed E-state index contributed by atoms with van der Waals surface area (Å²) in [6, 6.07) is 63.3. The summed E-state index contributed by atoms with van der Waals surface area (Å²) in [5.41, 5.74) is 11.5. The third kappa shape index (κ3) is 4.96. The van der Waals surface area contributed by atoms with E-state index in [-0.39, 0.29) is 0 Å². The number of hydrogen-bond donors (Lipinski definition) is 0. The van der Waals surface area contributed by atoms with Crippen LogP contribution < -0.4 is 4.90 Å². The second kappa shape index (κ2) is 11.9. The van der Waals surface area contributed by atoms with Crippen molar-refractivity contribution in [3.8, 4) is 33.7 Å². The molecule has 51 heavy (non-hydrogen) atoms. The van der Waals surface area contributed by atoms with Crippen molar-refractivity contribution in [1.29, 1.82) is 0 Å². The number of rotatable bonds is 6. The molecule has 10 aromatic rings. The van der Waals surface area contributed by atoms with Crippen molar-refractivity contribution < 1.29 is 8.83 Å². The number of aromatic nitrogens is 1. The monoisotopic (exact) mass is 654 g/mol. The van der Waals surface area contributed by atoms with E-state index in [2.05, 4.69) is 132 Å². The molecule has 4 heteroatoms. The maximum atomic E-state index is 6.52. The zero-order valence-electron chi connectivity index (χ0n) is 27.5. The summed E-state index contributed by atoms with van der Waals surface area (Å²) in [7, 11) is 0. The average molecular weight is 655 g/mol. The molecule has 2 aromatic heterocycles. The SMILES string of the molecule is c1ccc(-c2ccc(N(c3ccc(-c4cccc5ccccc45)cc3)c3c4nc(-c5ccccc5)oc4cc4oc5ccccc5c34)cc2)cc1. The normalized spacial score (nSPS) is 11.5. The van der Waals surface area contributed by atoms with Gasteiger partial charge in [0.15, 0.2) is 5.58 Å². The van der Waals surface area contributed by atoms with E-state index >= 15 is 0 Å². The van der Waals surface area contributed by atoms with Gasteiger partial charge in [0.05, 0.1) is 11.1 Å². The number of para-hydroxylation sites is 1. The highest BCUT2D eigenvalue weighted by molar-refractivity contribution is 6.20. The number of anilines is 3. The number of oxazole rings is 1. The first-order valence-electron chi connectivity index (χ1n) is 17.1. The minimum Gasteiger partial charge on any atom is -0.456 e. The Kier molecular flexibility index (Phi) is 6.78. The van der Waals surface area contributed by atoms with Crippen molar-refractivity contribution in [1.82, 2.24) is 4.98 Å². The molecule has 0 aliphatic heterocycles. The van der Waals surface area contributed by atoms with Crippen LogP contribution >= 0.6 is 0 Å². The molecule has 0 saturated carbocycles. The summed E-state index contributed by atoms with van der Waals surface area (Å²) in [6.45, 7) is 0. The van der Waals surface area contributed by atoms with Gasteiger partial charge in [-0.3, -0.25) is 0 Å². The maximum Gasteiger partial charge on any atom is 0.227 e. The molecular formula is C47H30N2O2. The summed E-state index contributed by atoms with van der Waals surface area (Å²) < 4.78 is 13.0. The van der Waals surface area contributed by atoms with Gasteiger partial charge in [0, 0.05) is 28.4 Å². The molecule has 8 aromatic carbocycles. The smallest absolute Gasteiger partial charge is 0.227 e.